The first-order valence-electron chi connectivity index (χ1n) is 20.7. The maximum absolute atomic E-state index is 15.2. The SMILES string of the molecule is O=C1CCC(Nc2ccc(N3CCN(CC4(O)CCN(C(=O)C5CCC(Nc6ncc(F)c(-c7cccc(N8CCOCC8=O)c7)n6)CC5)CC4)CC3)c(F)c2)C(=O)N1. The third-order valence-electron chi connectivity index (χ3n) is 12.3. The molecule has 3 aromatic rings. The van der Waals surface area contributed by atoms with Gasteiger partial charge in [-0.3, -0.25) is 29.4 Å². The van der Waals surface area contributed by atoms with Crippen LogP contribution in [0.1, 0.15) is 51.4 Å². The Balaban J connectivity index is 0.770. The van der Waals surface area contributed by atoms with E-state index < -0.39 is 29.2 Å². The second-order valence-electron chi connectivity index (χ2n) is 16.4. The molecule has 1 aromatic heterocycles. The molecule has 1 aliphatic carbocycles. The van der Waals surface area contributed by atoms with Crippen LogP contribution in [0, 0.1) is 17.6 Å². The number of nitrogens with zero attached hydrogens (tertiary/aromatic N) is 6. The van der Waals surface area contributed by atoms with Crippen molar-refractivity contribution in [2.45, 2.75) is 69.1 Å². The van der Waals surface area contributed by atoms with E-state index in [-0.39, 0.29) is 48.4 Å². The smallest absolute Gasteiger partial charge is 0.253 e. The van der Waals surface area contributed by atoms with Crippen molar-refractivity contribution in [1.82, 2.24) is 25.1 Å². The number of piperidine rings is 2. The molecule has 4 amide bonds. The second-order valence-corrected chi connectivity index (χ2v) is 16.4. The number of aromatic nitrogens is 2. The van der Waals surface area contributed by atoms with Crippen molar-refractivity contribution in [3.05, 3.63) is 60.3 Å². The van der Waals surface area contributed by atoms with Crippen LogP contribution in [-0.2, 0) is 23.9 Å². The van der Waals surface area contributed by atoms with E-state index in [1.807, 2.05) is 9.80 Å². The first kappa shape index (κ1) is 40.5. The van der Waals surface area contributed by atoms with Crippen molar-refractivity contribution >= 4 is 46.6 Å². The molecule has 8 rings (SSSR count). The monoisotopic (exact) mass is 815 g/mol. The summed E-state index contributed by atoms with van der Waals surface area (Å²) in [6.07, 6.45) is 5.59. The van der Waals surface area contributed by atoms with E-state index in [0.29, 0.717) is 120 Å². The summed E-state index contributed by atoms with van der Waals surface area (Å²) in [5, 5.41) is 20.2. The maximum atomic E-state index is 15.2. The van der Waals surface area contributed by atoms with Crippen LogP contribution in [0.25, 0.3) is 11.3 Å². The lowest BCUT2D eigenvalue weighted by molar-refractivity contribution is -0.141. The minimum Gasteiger partial charge on any atom is -0.388 e. The van der Waals surface area contributed by atoms with Gasteiger partial charge in [0.1, 0.15) is 24.2 Å². The zero-order valence-corrected chi connectivity index (χ0v) is 33.0. The number of benzene rings is 2. The van der Waals surface area contributed by atoms with Crippen LogP contribution in [0.15, 0.2) is 48.7 Å². The van der Waals surface area contributed by atoms with Gasteiger partial charge in [-0.25, -0.2) is 18.7 Å². The number of imide groups is 1. The molecular formula is C42H51F2N9O6. The summed E-state index contributed by atoms with van der Waals surface area (Å²) in [5.41, 5.74) is 1.38. The molecule has 5 heterocycles. The van der Waals surface area contributed by atoms with Gasteiger partial charge in [-0.15, -0.1) is 0 Å². The Morgan fingerprint density at radius 1 is 0.915 bits per heavy atom. The van der Waals surface area contributed by atoms with Crippen molar-refractivity contribution in [1.29, 1.82) is 0 Å². The van der Waals surface area contributed by atoms with E-state index in [9.17, 15) is 28.7 Å². The number of likely N-dealkylation sites (tertiary alicyclic amines) is 1. The van der Waals surface area contributed by atoms with Crippen molar-refractivity contribution in [3.8, 4) is 11.3 Å². The van der Waals surface area contributed by atoms with Crippen LogP contribution in [0.3, 0.4) is 0 Å². The van der Waals surface area contributed by atoms with E-state index >= 15 is 4.39 Å². The van der Waals surface area contributed by atoms with Gasteiger partial charge < -0.3 is 35.2 Å². The summed E-state index contributed by atoms with van der Waals surface area (Å²) in [6, 6.07) is 11.3. The predicted octanol–water partition coefficient (Wildman–Crippen LogP) is 3.15. The lowest BCUT2D eigenvalue weighted by Crippen LogP contribution is -2.56. The van der Waals surface area contributed by atoms with E-state index in [0.717, 1.165) is 19.0 Å². The standard InChI is InChI=1S/C42H51F2N9O6/c43-32-23-30(46-34-9-11-36(54)48-39(34)56)8-10-35(32)51-18-16-50(17-19-51)26-42(58)12-14-52(15-13-42)40(57)27-4-6-29(7-5-27)47-41-45-24-33(44)38(49-41)28-2-1-3-31(22-28)53-20-21-59-25-37(53)55/h1-3,8,10,22-24,27,29,34,46,58H,4-7,9,11-21,25-26H2,(H,45,47,49)(H,48,54,56). The molecule has 314 valence electrons. The van der Waals surface area contributed by atoms with E-state index in [2.05, 4.69) is 30.8 Å². The van der Waals surface area contributed by atoms with Gasteiger partial charge in [0, 0.05) is 87.7 Å². The summed E-state index contributed by atoms with van der Waals surface area (Å²) < 4.78 is 35.4. The van der Waals surface area contributed by atoms with Gasteiger partial charge in [0.2, 0.25) is 23.7 Å². The number of amides is 4. The Hall–Kier alpha value is -5.26. The van der Waals surface area contributed by atoms with Gasteiger partial charge in [0.15, 0.2) is 5.82 Å². The number of carbonyl (C=O) groups is 4. The minimum atomic E-state index is -0.912. The summed E-state index contributed by atoms with van der Waals surface area (Å²) >= 11 is 0. The molecule has 4 saturated heterocycles. The van der Waals surface area contributed by atoms with Crippen molar-refractivity contribution in [2.75, 3.05) is 86.0 Å². The summed E-state index contributed by atoms with van der Waals surface area (Å²) in [4.78, 5) is 65.9. The topological polar surface area (TPSA) is 173 Å². The number of hydrogen-bond acceptors (Lipinski definition) is 12. The van der Waals surface area contributed by atoms with Gasteiger partial charge in [-0.05, 0) is 75.3 Å². The highest BCUT2D eigenvalue weighted by molar-refractivity contribution is 6.01. The minimum absolute atomic E-state index is 0.0109. The van der Waals surface area contributed by atoms with Crippen molar-refractivity contribution in [3.63, 3.8) is 0 Å². The fraction of sp³-hybridized carbons (Fsp3) is 0.524. The third kappa shape index (κ3) is 9.47. The number of rotatable bonds is 10. The Morgan fingerprint density at radius 2 is 1.69 bits per heavy atom. The number of piperazine rings is 1. The van der Waals surface area contributed by atoms with E-state index in [1.165, 1.54) is 6.07 Å². The number of aliphatic hydroxyl groups is 1. The quantitative estimate of drug-likeness (QED) is 0.221. The number of nitrogens with one attached hydrogen (secondary N) is 3. The normalized spacial score (nSPS) is 24.2. The molecular weight excluding hydrogens is 765 g/mol. The van der Waals surface area contributed by atoms with Gasteiger partial charge in [0.05, 0.1) is 24.1 Å². The summed E-state index contributed by atoms with van der Waals surface area (Å²) in [5.74, 6) is -1.49. The largest absolute Gasteiger partial charge is 0.388 e. The molecule has 59 heavy (non-hydrogen) atoms. The number of anilines is 4. The van der Waals surface area contributed by atoms with Crippen LogP contribution < -0.4 is 25.8 Å². The van der Waals surface area contributed by atoms with Gasteiger partial charge in [-0.1, -0.05) is 12.1 Å². The summed E-state index contributed by atoms with van der Waals surface area (Å²) in [7, 11) is 0. The molecule has 17 heteroatoms. The molecule has 15 nitrogen and oxygen atoms in total. The number of β-amino-alcohol motifs (C(OH)–C–C–N with tert-alkyl or cyclic N) is 1. The lowest BCUT2D eigenvalue weighted by Gasteiger charge is -2.44. The first-order chi connectivity index (χ1) is 28.5. The second kappa shape index (κ2) is 17.5. The summed E-state index contributed by atoms with van der Waals surface area (Å²) in [6.45, 7) is 4.84. The average molecular weight is 816 g/mol. The predicted molar refractivity (Wildman–Crippen MR) is 216 cm³/mol. The molecule has 1 saturated carbocycles. The molecule has 1 atom stereocenters. The first-order valence-corrected chi connectivity index (χ1v) is 20.7. The third-order valence-corrected chi connectivity index (χ3v) is 12.3. The molecule has 1 unspecified atom stereocenters. The fourth-order valence-electron chi connectivity index (χ4n) is 8.93. The van der Waals surface area contributed by atoms with Crippen LogP contribution in [0.5, 0.6) is 0 Å². The van der Waals surface area contributed by atoms with Crippen LogP contribution in [0.2, 0.25) is 0 Å². The Morgan fingerprint density at radius 3 is 2.42 bits per heavy atom. The Bertz CT molecular complexity index is 2050. The lowest BCUT2D eigenvalue weighted by atomic mass is 9.84. The zero-order chi connectivity index (χ0) is 41.1. The van der Waals surface area contributed by atoms with Crippen molar-refractivity contribution < 1.29 is 37.8 Å². The maximum Gasteiger partial charge on any atom is 0.253 e. The van der Waals surface area contributed by atoms with E-state index in [4.69, 9.17) is 4.74 Å². The zero-order valence-electron chi connectivity index (χ0n) is 33.0. The Kier molecular flexibility index (Phi) is 12.0. The molecule has 0 spiro atoms. The van der Waals surface area contributed by atoms with Crippen LogP contribution in [0.4, 0.5) is 31.8 Å². The number of ether oxygens (including phenoxy) is 1. The highest BCUT2D eigenvalue weighted by Gasteiger charge is 2.39. The van der Waals surface area contributed by atoms with Crippen LogP contribution >= 0.6 is 0 Å². The Labute approximate surface area is 341 Å². The number of morpholine rings is 1. The molecule has 5 aliphatic rings. The molecule has 4 aliphatic heterocycles. The average Bonchev–Trinajstić information content (AvgIpc) is 3.23. The molecule has 0 radical (unpaired) electrons. The molecule has 4 N–H and O–H groups in total. The number of halogens is 2. The highest BCUT2D eigenvalue weighted by Crippen LogP contribution is 2.33. The molecule has 2 aromatic carbocycles. The number of hydrogen-bond donors (Lipinski definition) is 4. The van der Waals surface area contributed by atoms with Crippen molar-refractivity contribution in [2.24, 2.45) is 5.92 Å². The fourth-order valence-corrected chi connectivity index (χ4v) is 8.93. The molecule has 0 bridgehead atoms. The van der Waals surface area contributed by atoms with Gasteiger partial charge in [0.25, 0.3) is 5.91 Å². The van der Waals surface area contributed by atoms with Crippen LogP contribution in [-0.4, -0.2) is 132 Å². The number of carbonyl (C=O) groups excluding carboxylic acids is 4. The van der Waals surface area contributed by atoms with Gasteiger partial charge in [-0.2, -0.15) is 0 Å². The van der Waals surface area contributed by atoms with E-state index in [1.54, 1.807) is 41.3 Å². The molecule has 5 fully saturated rings. The van der Waals surface area contributed by atoms with Gasteiger partial charge >= 0.3 is 0 Å². The highest BCUT2D eigenvalue weighted by atomic mass is 19.1.